The Bertz CT molecular complexity index is 1020. The summed E-state index contributed by atoms with van der Waals surface area (Å²) >= 11 is 1.58. The van der Waals surface area contributed by atoms with Gasteiger partial charge in [-0.25, -0.2) is 4.79 Å². The Morgan fingerprint density at radius 3 is 2.24 bits per heavy atom. The second-order valence-corrected chi connectivity index (χ2v) is 10.9. The van der Waals surface area contributed by atoms with Crippen molar-refractivity contribution in [1.82, 2.24) is 10.2 Å². The van der Waals surface area contributed by atoms with Crippen LogP contribution in [0.15, 0.2) is 54.6 Å². The maximum Gasteiger partial charge on any atom is 0.408 e. The lowest BCUT2D eigenvalue weighted by Gasteiger charge is -2.34. The number of thioether (sulfide) groups is 1. The molecule has 2 aromatic carbocycles. The largest absolute Gasteiger partial charge is 0.497 e. The molecule has 38 heavy (non-hydrogen) atoms. The molecule has 2 atom stereocenters. The number of benzene rings is 2. The number of hydrogen-bond donors (Lipinski definition) is 2. The molecule has 0 heterocycles. The maximum atomic E-state index is 14.1. The van der Waals surface area contributed by atoms with Gasteiger partial charge in [0.15, 0.2) is 0 Å². The minimum atomic E-state index is -0.894. The minimum Gasteiger partial charge on any atom is -0.497 e. The number of methoxy groups -OCH3 is 1. The molecule has 0 spiro atoms. The van der Waals surface area contributed by atoms with E-state index in [1.165, 1.54) is 0 Å². The van der Waals surface area contributed by atoms with Crippen molar-refractivity contribution in [2.75, 3.05) is 31.0 Å². The zero-order valence-corrected chi connectivity index (χ0v) is 24.1. The first-order chi connectivity index (χ1) is 18.1. The van der Waals surface area contributed by atoms with Crippen molar-refractivity contribution in [3.63, 3.8) is 0 Å². The van der Waals surface area contributed by atoms with E-state index in [9.17, 15) is 14.4 Å². The normalized spacial score (nSPS) is 12.7. The molecule has 0 aliphatic carbocycles. The van der Waals surface area contributed by atoms with E-state index in [4.69, 9.17) is 9.47 Å². The number of nitrogens with zero attached hydrogens (tertiary/aromatic N) is 1. The third-order valence-corrected chi connectivity index (χ3v) is 6.31. The number of anilines is 1. The highest BCUT2D eigenvalue weighted by Gasteiger charge is 2.36. The minimum absolute atomic E-state index is 0.322. The fourth-order valence-electron chi connectivity index (χ4n) is 3.83. The molecule has 0 bridgehead atoms. The van der Waals surface area contributed by atoms with E-state index in [2.05, 4.69) is 10.6 Å². The first-order valence-electron chi connectivity index (χ1n) is 12.9. The van der Waals surface area contributed by atoms with Crippen LogP contribution < -0.4 is 15.4 Å². The summed E-state index contributed by atoms with van der Waals surface area (Å²) in [4.78, 5) is 42.1. The Kier molecular flexibility index (Phi) is 12.5. The SMILES string of the molecule is CCCCN(C(=O)C(CCSC)NC(=O)OC(C)(C)C)C(C(=O)Nc1ccc(OC)cc1)c1ccccc1. The molecule has 2 unspecified atom stereocenters. The van der Waals surface area contributed by atoms with Gasteiger partial charge in [0.05, 0.1) is 7.11 Å². The van der Waals surface area contributed by atoms with E-state index < -0.39 is 23.8 Å². The molecule has 0 aliphatic heterocycles. The van der Waals surface area contributed by atoms with E-state index in [-0.39, 0.29) is 11.8 Å². The number of ether oxygens (including phenoxy) is 2. The lowest BCUT2D eigenvalue weighted by atomic mass is 10.0. The van der Waals surface area contributed by atoms with E-state index in [1.54, 1.807) is 68.8 Å². The third-order valence-electron chi connectivity index (χ3n) is 5.67. The van der Waals surface area contributed by atoms with E-state index in [0.29, 0.717) is 42.1 Å². The summed E-state index contributed by atoms with van der Waals surface area (Å²) in [6, 6.07) is 14.5. The van der Waals surface area contributed by atoms with Crippen molar-refractivity contribution >= 4 is 35.4 Å². The van der Waals surface area contributed by atoms with Crippen LogP contribution >= 0.6 is 11.8 Å². The zero-order chi connectivity index (χ0) is 28.1. The predicted molar refractivity (Wildman–Crippen MR) is 154 cm³/mol. The van der Waals surface area contributed by atoms with Gasteiger partial charge < -0.3 is 25.0 Å². The molecule has 2 rings (SSSR count). The van der Waals surface area contributed by atoms with Crippen molar-refractivity contribution in [2.24, 2.45) is 0 Å². The molecule has 0 radical (unpaired) electrons. The van der Waals surface area contributed by atoms with Gasteiger partial charge in [-0.15, -0.1) is 0 Å². The van der Waals surface area contributed by atoms with Crippen molar-refractivity contribution in [3.8, 4) is 5.75 Å². The third kappa shape index (κ3) is 9.93. The highest BCUT2D eigenvalue weighted by Crippen LogP contribution is 2.26. The van der Waals surface area contributed by atoms with Crippen molar-refractivity contribution in [1.29, 1.82) is 0 Å². The fourth-order valence-corrected chi connectivity index (χ4v) is 4.30. The average molecular weight is 544 g/mol. The van der Waals surface area contributed by atoms with Crippen molar-refractivity contribution in [2.45, 2.75) is 64.6 Å². The van der Waals surface area contributed by atoms with Crippen LogP contribution in [-0.4, -0.2) is 60.1 Å². The summed E-state index contributed by atoms with van der Waals surface area (Å²) in [6.45, 7) is 7.70. The van der Waals surface area contributed by atoms with Gasteiger partial charge in [-0.2, -0.15) is 11.8 Å². The number of alkyl carbamates (subject to hydrolysis) is 1. The summed E-state index contributed by atoms with van der Waals surface area (Å²) in [6.07, 6.45) is 3.22. The number of amides is 3. The second kappa shape index (κ2) is 15.3. The number of unbranched alkanes of at least 4 members (excludes halogenated alkanes) is 1. The van der Waals surface area contributed by atoms with Crippen LogP contribution in [0.2, 0.25) is 0 Å². The molecule has 2 aromatic rings. The molecule has 8 nitrogen and oxygen atoms in total. The van der Waals surface area contributed by atoms with Crippen LogP contribution in [0.1, 0.15) is 58.6 Å². The molecule has 2 N–H and O–H groups in total. The van der Waals surface area contributed by atoms with Gasteiger partial charge in [0.25, 0.3) is 5.91 Å². The maximum absolute atomic E-state index is 14.1. The summed E-state index contributed by atoms with van der Waals surface area (Å²) < 4.78 is 10.6. The zero-order valence-electron chi connectivity index (χ0n) is 23.3. The van der Waals surface area contributed by atoms with Gasteiger partial charge in [-0.05, 0) is 75.5 Å². The van der Waals surface area contributed by atoms with Gasteiger partial charge in [0.2, 0.25) is 5.91 Å². The van der Waals surface area contributed by atoms with Gasteiger partial charge in [-0.1, -0.05) is 43.7 Å². The monoisotopic (exact) mass is 543 g/mol. The van der Waals surface area contributed by atoms with Crippen LogP contribution in [0.3, 0.4) is 0 Å². The summed E-state index contributed by atoms with van der Waals surface area (Å²) in [7, 11) is 1.58. The standard InChI is InChI=1S/C29H41N3O5S/c1-7-8-19-32(27(34)24(18-20-38-6)31-28(35)37-29(2,3)4)25(21-12-10-9-11-13-21)26(33)30-22-14-16-23(36-5)17-15-22/h9-17,24-25H,7-8,18-20H2,1-6H3,(H,30,33)(H,31,35). The number of nitrogens with one attached hydrogen (secondary N) is 2. The summed E-state index contributed by atoms with van der Waals surface area (Å²) in [5.41, 5.74) is 0.568. The van der Waals surface area contributed by atoms with Crippen molar-refractivity contribution < 1.29 is 23.9 Å². The van der Waals surface area contributed by atoms with Gasteiger partial charge in [0, 0.05) is 12.2 Å². The van der Waals surface area contributed by atoms with E-state index in [0.717, 1.165) is 6.42 Å². The first kappa shape index (κ1) is 31.0. The second-order valence-electron chi connectivity index (χ2n) is 9.90. The Labute approximate surface area is 230 Å². The van der Waals surface area contributed by atoms with E-state index in [1.807, 2.05) is 43.5 Å². The molecule has 0 saturated carbocycles. The molecular weight excluding hydrogens is 502 g/mol. The lowest BCUT2D eigenvalue weighted by molar-refractivity contribution is -0.141. The van der Waals surface area contributed by atoms with Gasteiger partial charge >= 0.3 is 6.09 Å². The van der Waals surface area contributed by atoms with Gasteiger partial charge in [0.1, 0.15) is 23.4 Å². The molecule has 0 aliphatic rings. The molecule has 9 heteroatoms. The number of carbonyl (C=O) groups excluding carboxylic acids is 3. The lowest BCUT2D eigenvalue weighted by Crippen LogP contribution is -2.52. The van der Waals surface area contributed by atoms with Crippen LogP contribution in [0.25, 0.3) is 0 Å². The fraction of sp³-hybridized carbons (Fsp3) is 0.483. The Morgan fingerprint density at radius 1 is 1.03 bits per heavy atom. The number of carbonyl (C=O) groups is 3. The molecule has 3 amide bonds. The summed E-state index contributed by atoms with van der Waals surface area (Å²) in [5, 5.41) is 5.71. The molecule has 0 aromatic heterocycles. The quantitative estimate of drug-likeness (QED) is 0.339. The van der Waals surface area contributed by atoms with Crippen LogP contribution in [-0.2, 0) is 14.3 Å². The smallest absolute Gasteiger partial charge is 0.408 e. The Balaban J connectivity index is 2.44. The Hall–Kier alpha value is -3.20. The molecular formula is C29H41N3O5S. The van der Waals surface area contributed by atoms with Gasteiger partial charge in [-0.3, -0.25) is 9.59 Å². The number of hydrogen-bond acceptors (Lipinski definition) is 6. The van der Waals surface area contributed by atoms with Crippen molar-refractivity contribution in [3.05, 3.63) is 60.2 Å². The highest BCUT2D eigenvalue weighted by atomic mass is 32.2. The molecule has 208 valence electrons. The Morgan fingerprint density at radius 2 is 1.68 bits per heavy atom. The summed E-state index contributed by atoms with van der Waals surface area (Å²) in [5.74, 6) is 0.665. The highest BCUT2D eigenvalue weighted by molar-refractivity contribution is 7.98. The number of rotatable bonds is 13. The van der Waals surface area contributed by atoms with Crippen LogP contribution in [0.4, 0.5) is 10.5 Å². The molecule has 0 fully saturated rings. The average Bonchev–Trinajstić information content (AvgIpc) is 2.88. The predicted octanol–water partition coefficient (Wildman–Crippen LogP) is 5.65. The van der Waals surface area contributed by atoms with Crippen LogP contribution in [0.5, 0.6) is 5.75 Å². The van der Waals surface area contributed by atoms with Crippen LogP contribution in [0, 0.1) is 0 Å². The van der Waals surface area contributed by atoms with E-state index >= 15 is 0 Å². The first-order valence-corrected chi connectivity index (χ1v) is 14.3. The molecule has 0 saturated heterocycles. The topological polar surface area (TPSA) is 97.0 Å².